The molecule has 5 rings (SSSR count). The van der Waals surface area contributed by atoms with Crippen LogP contribution in [0.4, 0.5) is 4.79 Å². The van der Waals surface area contributed by atoms with Crippen molar-refractivity contribution in [2.45, 2.75) is 96.9 Å². The molecule has 3 aromatic rings. The summed E-state index contributed by atoms with van der Waals surface area (Å²) in [6.07, 6.45) is 0.833. The molecule has 12 nitrogen and oxygen atoms in total. The van der Waals surface area contributed by atoms with Crippen LogP contribution in [0.15, 0.2) is 53.9 Å². The normalized spacial score (nSPS) is 18.3. The fourth-order valence-electron chi connectivity index (χ4n) is 7.52. The maximum atomic E-state index is 14.0. The van der Waals surface area contributed by atoms with E-state index < -0.39 is 36.0 Å². The minimum atomic E-state index is -0.940. The minimum Gasteiger partial charge on any atom is -0.481 e. The molecule has 2 aromatic carbocycles. The SMILES string of the molecule is CC(=O)OCC[C@H](C(C)C)N(C)C(=O)[C@@H](NC(=O)OC(c1nc(C(=O)NC2CCC(C(=O)O)CC2)cs1)C1c2ccccc2-c2ccccc21)C(C)C. The summed E-state index contributed by atoms with van der Waals surface area (Å²) in [5, 5.41) is 17.3. The highest BCUT2D eigenvalue weighted by Gasteiger charge is 2.40. The summed E-state index contributed by atoms with van der Waals surface area (Å²) in [5.41, 5.74) is 4.11. The fourth-order valence-corrected chi connectivity index (χ4v) is 8.38. The zero-order valence-electron chi connectivity index (χ0n) is 31.2. The number of carboxylic acids is 1. The van der Waals surface area contributed by atoms with Gasteiger partial charge in [0.25, 0.3) is 5.91 Å². The van der Waals surface area contributed by atoms with E-state index in [1.807, 2.05) is 76.2 Å². The highest BCUT2D eigenvalue weighted by atomic mass is 32.1. The van der Waals surface area contributed by atoms with Crippen LogP contribution >= 0.6 is 11.3 Å². The van der Waals surface area contributed by atoms with Gasteiger partial charge in [0.2, 0.25) is 5.91 Å². The number of alkyl carbamates (subject to hydrolysis) is 1. The molecular weight excluding hydrogens is 697 g/mol. The average molecular weight is 747 g/mol. The van der Waals surface area contributed by atoms with Crippen LogP contribution in [0.2, 0.25) is 0 Å². The first-order valence-electron chi connectivity index (χ1n) is 18.3. The number of amides is 3. The van der Waals surface area contributed by atoms with Gasteiger partial charge in [-0.2, -0.15) is 0 Å². The van der Waals surface area contributed by atoms with Crippen LogP contribution in [0.5, 0.6) is 0 Å². The monoisotopic (exact) mass is 746 g/mol. The smallest absolute Gasteiger partial charge is 0.408 e. The molecular formula is C40H50N4O8S. The standard InChI is InChI=1S/C40H50N4O8S/c1-22(2)32(19-20-51-24(5)45)44(6)38(47)34(23(3)4)43-40(50)52-35(33-29-13-9-7-11-27(29)28-12-8-10-14-30(28)33)37-42-31(21-53-37)36(46)41-26-17-15-25(16-18-26)39(48)49/h7-14,21-23,25-26,32-35H,15-20H2,1-6H3,(H,41,46)(H,43,50)(H,48,49)/t25?,26?,32-,34+,35?/m1/s1. The number of nitrogens with zero attached hydrogens (tertiary/aromatic N) is 2. The Morgan fingerprint density at radius 3 is 2.08 bits per heavy atom. The van der Waals surface area contributed by atoms with Crippen molar-refractivity contribution < 1.29 is 38.6 Å². The van der Waals surface area contributed by atoms with Gasteiger partial charge in [0.05, 0.1) is 18.4 Å². The molecule has 284 valence electrons. The van der Waals surface area contributed by atoms with Gasteiger partial charge in [-0.3, -0.25) is 19.2 Å². The number of aromatic nitrogens is 1. The Hall–Kier alpha value is -4.78. The van der Waals surface area contributed by atoms with Crippen molar-refractivity contribution >= 4 is 41.2 Å². The van der Waals surface area contributed by atoms with E-state index in [0.29, 0.717) is 37.1 Å². The molecule has 2 aliphatic carbocycles. The summed E-state index contributed by atoms with van der Waals surface area (Å²) in [7, 11) is 1.69. The Bertz CT molecular complexity index is 1750. The van der Waals surface area contributed by atoms with Crippen molar-refractivity contribution in [3.05, 3.63) is 75.7 Å². The van der Waals surface area contributed by atoms with Gasteiger partial charge in [-0.1, -0.05) is 76.2 Å². The van der Waals surface area contributed by atoms with E-state index in [1.54, 1.807) is 17.3 Å². The minimum absolute atomic E-state index is 0.0576. The van der Waals surface area contributed by atoms with Crippen LogP contribution in [-0.2, 0) is 23.9 Å². The number of hydrogen-bond donors (Lipinski definition) is 3. The van der Waals surface area contributed by atoms with Gasteiger partial charge in [-0.05, 0) is 59.8 Å². The van der Waals surface area contributed by atoms with Gasteiger partial charge in [0.15, 0.2) is 6.10 Å². The van der Waals surface area contributed by atoms with Crippen molar-refractivity contribution in [3.8, 4) is 11.1 Å². The molecule has 53 heavy (non-hydrogen) atoms. The molecule has 1 heterocycles. The number of rotatable bonds is 14. The van der Waals surface area contributed by atoms with E-state index >= 15 is 0 Å². The Kier molecular flexibility index (Phi) is 12.9. The predicted octanol–water partition coefficient (Wildman–Crippen LogP) is 6.56. The van der Waals surface area contributed by atoms with Gasteiger partial charge in [0, 0.05) is 37.9 Å². The van der Waals surface area contributed by atoms with Crippen LogP contribution < -0.4 is 10.6 Å². The van der Waals surface area contributed by atoms with Crippen LogP contribution in [-0.4, -0.2) is 76.6 Å². The van der Waals surface area contributed by atoms with Crippen LogP contribution in [0.25, 0.3) is 11.1 Å². The lowest BCUT2D eigenvalue weighted by Crippen LogP contribution is -2.54. The van der Waals surface area contributed by atoms with Crippen LogP contribution in [0.1, 0.15) is 105 Å². The lowest BCUT2D eigenvalue weighted by molar-refractivity contribution is -0.143. The van der Waals surface area contributed by atoms with Crippen molar-refractivity contribution in [1.82, 2.24) is 20.5 Å². The second-order valence-corrected chi connectivity index (χ2v) is 15.6. The zero-order chi connectivity index (χ0) is 38.4. The number of ether oxygens (including phenoxy) is 2. The first kappa shape index (κ1) is 39.4. The molecule has 1 unspecified atom stereocenters. The van der Waals surface area contributed by atoms with Gasteiger partial charge >= 0.3 is 18.0 Å². The number of carboxylic acid groups (broad SMARTS) is 1. The molecule has 0 radical (unpaired) electrons. The summed E-state index contributed by atoms with van der Waals surface area (Å²) in [5.74, 6) is -2.93. The number of carbonyl (C=O) groups excluding carboxylic acids is 4. The Morgan fingerprint density at radius 2 is 1.53 bits per heavy atom. The molecule has 1 saturated carbocycles. The van der Waals surface area contributed by atoms with Crippen molar-refractivity contribution in [1.29, 1.82) is 0 Å². The zero-order valence-corrected chi connectivity index (χ0v) is 32.0. The average Bonchev–Trinajstić information content (AvgIpc) is 3.75. The summed E-state index contributed by atoms with van der Waals surface area (Å²) < 4.78 is 11.5. The van der Waals surface area contributed by atoms with Crippen molar-refractivity contribution in [2.24, 2.45) is 17.8 Å². The molecule has 13 heteroatoms. The van der Waals surface area contributed by atoms with Crippen LogP contribution in [0.3, 0.4) is 0 Å². The number of esters is 1. The lowest BCUT2D eigenvalue weighted by atomic mass is 9.86. The molecule has 2 aliphatic rings. The summed E-state index contributed by atoms with van der Waals surface area (Å²) in [6, 6.07) is 14.5. The van der Waals surface area contributed by atoms with Gasteiger partial charge in [-0.15, -0.1) is 11.3 Å². The molecule has 1 fully saturated rings. The molecule has 3 N–H and O–H groups in total. The maximum Gasteiger partial charge on any atom is 0.408 e. The lowest BCUT2D eigenvalue weighted by Gasteiger charge is -2.35. The van der Waals surface area contributed by atoms with Crippen molar-refractivity contribution in [3.63, 3.8) is 0 Å². The molecule has 0 spiro atoms. The van der Waals surface area contributed by atoms with E-state index in [9.17, 15) is 29.1 Å². The summed E-state index contributed by atoms with van der Waals surface area (Å²) in [6.45, 7) is 9.19. The summed E-state index contributed by atoms with van der Waals surface area (Å²) >= 11 is 1.22. The first-order chi connectivity index (χ1) is 25.3. The van der Waals surface area contributed by atoms with E-state index in [0.717, 1.165) is 22.3 Å². The number of benzene rings is 2. The van der Waals surface area contributed by atoms with E-state index in [4.69, 9.17) is 14.5 Å². The van der Waals surface area contributed by atoms with Gasteiger partial charge < -0.3 is 30.1 Å². The predicted molar refractivity (Wildman–Crippen MR) is 200 cm³/mol. The second kappa shape index (κ2) is 17.4. The summed E-state index contributed by atoms with van der Waals surface area (Å²) in [4.78, 5) is 70.4. The van der Waals surface area contributed by atoms with Crippen LogP contribution in [0, 0.1) is 17.8 Å². The van der Waals surface area contributed by atoms with Crippen molar-refractivity contribution in [2.75, 3.05) is 13.7 Å². The molecule has 3 atom stereocenters. The maximum absolute atomic E-state index is 14.0. The Labute approximate surface area is 314 Å². The van der Waals surface area contributed by atoms with Gasteiger partial charge in [-0.25, -0.2) is 9.78 Å². The third-order valence-electron chi connectivity index (χ3n) is 10.4. The van der Waals surface area contributed by atoms with E-state index in [2.05, 4.69) is 10.6 Å². The quantitative estimate of drug-likeness (QED) is 0.155. The number of aliphatic carboxylic acids is 1. The van der Waals surface area contributed by atoms with E-state index in [-0.39, 0.29) is 54.0 Å². The molecule has 3 amide bonds. The highest BCUT2D eigenvalue weighted by Crippen LogP contribution is 2.51. The number of hydrogen-bond acceptors (Lipinski definition) is 9. The number of likely N-dealkylation sites (N-methyl/N-ethyl adjacent to an activating group) is 1. The fraction of sp³-hybridized carbons (Fsp3) is 0.500. The Balaban J connectivity index is 1.40. The number of carbonyl (C=O) groups is 5. The molecule has 0 bridgehead atoms. The molecule has 1 aromatic heterocycles. The van der Waals surface area contributed by atoms with Gasteiger partial charge in [0.1, 0.15) is 16.7 Å². The topological polar surface area (TPSA) is 164 Å². The number of fused-ring (bicyclic) bond motifs is 3. The Morgan fingerprint density at radius 1 is 0.925 bits per heavy atom. The molecule has 0 aliphatic heterocycles. The third kappa shape index (κ3) is 9.24. The largest absolute Gasteiger partial charge is 0.481 e. The molecule has 0 saturated heterocycles. The third-order valence-corrected chi connectivity index (χ3v) is 11.3. The number of nitrogens with one attached hydrogen (secondary N) is 2. The highest BCUT2D eigenvalue weighted by molar-refractivity contribution is 7.09. The second-order valence-electron chi connectivity index (χ2n) is 14.7. The number of thiazole rings is 1. The van der Waals surface area contributed by atoms with E-state index in [1.165, 1.54) is 18.3 Å². The first-order valence-corrected chi connectivity index (χ1v) is 19.2.